The van der Waals surface area contributed by atoms with E-state index in [0.717, 1.165) is 48.8 Å². The summed E-state index contributed by atoms with van der Waals surface area (Å²) >= 11 is 0. The Morgan fingerprint density at radius 2 is 2.00 bits per heavy atom. The number of anilines is 1. The Bertz CT molecular complexity index is 556. The van der Waals surface area contributed by atoms with Gasteiger partial charge in [-0.1, -0.05) is 12.1 Å². The minimum atomic E-state index is -0.393. The molecule has 3 nitrogen and oxygen atoms in total. The molecule has 1 aliphatic carbocycles. The Balaban J connectivity index is 2.00. The minimum Gasteiger partial charge on any atom is -0.398 e. The SMILES string of the molecule is Nc1ccc(C2(C=O)CCOCC2)cc1C1=CCCCC1. The van der Waals surface area contributed by atoms with E-state index in [1.807, 2.05) is 12.1 Å². The van der Waals surface area contributed by atoms with Gasteiger partial charge in [0.2, 0.25) is 0 Å². The zero-order chi connectivity index (χ0) is 14.7. The van der Waals surface area contributed by atoms with Gasteiger partial charge in [-0.25, -0.2) is 0 Å². The van der Waals surface area contributed by atoms with Crippen molar-refractivity contribution in [1.82, 2.24) is 0 Å². The van der Waals surface area contributed by atoms with E-state index in [9.17, 15) is 4.79 Å². The molecule has 0 saturated carbocycles. The van der Waals surface area contributed by atoms with Crippen LogP contribution in [0.4, 0.5) is 5.69 Å². The van der Waals surface area contributed by atoms with Crippen LogP contribution in [0.25, 0.3) is 5.57 Å². The number of nitrogens with two attached hydrogens (primary N) is 1. The molecule has 0 unspecified atom stereocenters. The predicted octanol–water partition coefficient (Wildman–Crippen LogP) is 3.47. The van der Waals surface area contributed by atoms with Crippen LogP contribution in [0, 0.1) is 0 Å². The number of carbonyl (C=O) groups excluding carboxylic acids is 1. The monoisotopic (exact) mass is 285 g/mol. The Labute approximate surface area is 126 Å². The normalized spacial score (nSPS) is 21.6. The van der Waals surface area contributed by atoms with Crippen molar-refractivity contribution in [3.8, 4) is 0 Å². The van der Waals surface area contributed by atoms with E-state index in [1.165, 1.54) is 18.4 Å². The Morgan fingerprint density at radius 3 is 2.67 bits per heavy atom. The lowest BCUT2D eigenvalue weighted by molar-refractivity contribution is -0.115. The highest BCUT2D eigenvalue weighted by Crippen LogP contribution is 2.37. The first kappa shape index (κ1) is 14.3. The maximum Gasteiger partial charge on any atom is 0.130 e. The first-order valence-electron chi connectivity index (χ1n) is 7.89. The van der Waals surface area contributed by atoms with Gasteiger partial charge in [-0.3, -0.25) is 0 Å². The van der Waals surface area contributed by atoms with Crippen molar-refractivity contribution < 1.29 is 9.53 Å². The van der Waals surface area contributed by atoms with Crippen molar-refractivity contribution in [3.05, 3.63) is 35.4 Å². The summed E-state index contributed by atoms with van der Waals surface area (Å²) in [6.45, 7) is 1.31. The molecule has 1 aliphatic heterocycles. The largest absolute Gasteiger partial charge is 0.398 e. The molecular formula is C18H23NO2. The maximum atomic E-state index is 11.8. The summed E-state index contributed by atoms with van der Waals surface area (Å²) in [5, 5.41) is 0. The van der Waals surface area contributed by atoms with Crippen molar-refractivity contribution in [3.63, 3.8) is 0 Å². The van der Waals surface area contributed by atoms with Crippen LogP contribution in [0.1, 0.15) is 49.7 Å². The molecule has 2 N–H and O–H groups in total. The molecule has 112 valence electrons. The highest BCUT2D eigenvalue weighted by atomic mass is 16.5. The minimum absolute atomic E-state index is 0.393. The summed E-state index contributed by atoms with van der Waals surface area (Å²) in [4.78, 5) is 11.8. The van der Waals surface area contributed by atoms with Gasteiger partial charge in [0.05, 0.1) is 5.41 Å². The average Bonchev–Trinajstić information content (AvgIpc) is 2.56. The Kier molecular flexibility index (Phi) is 4.11. The molecular weight excluding hydrogens is 262 g/mol. The fourth-order valence-corrected chi connectivity index (χ4v) is 3.44. The van der Waals surface area contributed by atoms with Crippen LogP contribution in [-0.2, 0) is 14.9 Å². The summed E-state index contributed by atoms with van der Waals surface area (Å²) in [6, 6.07) is 6.12. The maximum absolute atomic E-state index is 11.8. The standard InChI is InChI=1S/C18H23NO2/c19-17-7-6-15(18(13-20)8-10-21-11-9-18)12-16(17)14-4-2-1-3-5-14/h4,6-7,12-13H,1-3,5,8-11,19H2. The molecule has 21 heavy (non-hydrogen) atoms. The van der Waals surface area contributed by atoms with Gasteiger partial charge in [0.25, 0.3) is 0 Å². The van der Waals surface area contributed by atoms with Gasteiger partial charge in [0.1, 0.15) is 6.29 Å². The van der Waals surface area contributed by atoms with Gasteiger partial charge in [-0.2, -0.15) is 0 Å². The number of rotatable bonds is 3. The summed E-state index contributed by atoms with van der Waals surface area (Å²) < 4.78 is 5.42. The van der Waals surface area contributed by atoms with Crippen molar-refractivity contribution in [2.24, 2.45) is 0 Å². The van der Waals surface area contributed by atoms with Crippen molar-refractivity contribution >= 4 is 17.5 Å². The van der Waals surface area contributed by atoms with Gasteiger partial charge in [-0.15, -0.1) is 0 Å². The molecule has 0 spiro atoms. The van der Waals surface area contributed by atoms with E-state index in [-0.39, 0.29) is 0 Å². The Hall–Kier alpha value is -1.61. The van der Waals surface area contributed by atoms with Gasteiger partial charge in [0, 0.05) is 24.5 Å². The molecule has 1 heterocycles. The van der Waals surface area contributed by atoms with Gasteiger partial charge in [0.15, 0.2) is 0 Å². The molecule has 1 saturated heterocycles. The third kappa shape index (κ3) is 2.75. The molecule has 0 amide bonds. The molecule has 0 aromatic heterocycles. The van der Waals surface area contributed by atoms with Crippen molar-refractivity contribution in [1.29, 1.82) is 0 Å². The first-order valence-corrected chi connectivity index (χ1v) is 7.89. The number of nitrogen functional groups attached to an aromatic ring is 1. The van der Waals surface area contributed by atoms with E-state index >= 15 is 0 Å². The van der Waals surface area contributed by atoms with Gasteiger partial charge < -0.3 is 15.3 Å². The van der Waals surface area contributed by atoms with Crippen LogP contribution in [-0.4, -0.2) is 19.5 Å². The third-order valence-corrected chi connectivity index (χ3v) is 4.88. The van der Waals surface area contributed by atoms with Crippen LogP contribution < -0.4 is 5.73 Å². The lowest BCUT2D eigenvalue weighted by atomic mass is 9.74. The predicted molar refractivity (Wildman–Crippen MR) is 85.1 cm³/mol. The van der Waals surface area contributed by atoms with Crippen molar-refractivity contribution in [2.45, 2.75) is 43.9 Å². The fraction of sp³-hybridized carbons (Fsp3) is 0.500. The number of hydrogen-bond donors (Lipinski definition) is 1. The molecule has 0 radical (unpaired) electrons. The molecule has 2 aliphatic rings. The van der Waals surface area contributed by atoms with E-state index in [0.29, 0.717) is 13.2 Å². The summed E-state index contributed by atoms with van der Waals surface area (Å²) in [7, 11) is 0. The third-order valence-electron chi connectivity index (χ3n) is 4.88. The molecule has 1 fully saturated rings. The molecule has 1 aromatic rings. The molecule has 3 heteroatoms. The van der Waals surface area contributed by atoms with E-state index < -0.39 is 5.41 Å². The summed E-state index contributed by atoms with van der Waals surface area (Å²) in [5.74, 6) is 0. The smallest absolute Gasteiger partial charge is 0.130 e. The van der Waals surface area contributed by atoms with Crippen LogP contribution in [0.5, 0.6) is 0 Å². The number of aldehydes is 1. The van der Waals surface area contributed by atoms with E-state index in [4.69, 9.17) is 10.5 Å². The first-order chi connectivity index (χ1) is 10.2. The van der Waals surface area contributed by atoms with Gasteiger partial charge >= 0.3 is 0 Å². The summed E-state index contributed by atoms with van der Waals surface area (Å²) in [6.07, 6.45) is 9.64. The Morgan fingerprint density at radius 1 is 1.19 bits per heavy atom. The number of allylic oxidation sites excluding steroid dienone is 2. The second-order valence-electron chi connectivity index (χ2n) is 6.16. The molecule has 3 rings (SSSR count). The van der Waals surface area contributed by atoms with E-state index in [1.54, 1.807) is 0 Å². The highest BCUT2D eigenvalue weighted by molar-refractivity contribution is 5.78. The van der Waals surface area contributed by atoms with Crippen LogP contribution >= 0.6 is 0 Å². The van der Waals surface area contributed by atoms with Crippen LogP contribution in [0.15, 0.2) is 24.3 Å². The number of carbonyl (C=O) groups is 1. The molecule has 1 aromatic carbocycles. The second kappa shape index (κ2) is 6.02. The number of ether oxygens (including phenoxy) is 1. The number of hydrogen-bond acceptors (Lipinski definition) is 3. The second-order valence-corrected chi connectivity index (χ2v) is 6.16. The summed E-state index contributed by atoms with van der Waals surface area (Å²) in [5.41, 5.74) is 10.2. The lowest BCUT2D eigenvalue weighted by Crippen LogP contribution is -2.35. The van der Waals surface area contributed by atoms with Crippen LogP contribution in [0.2, 0.25) is 0 Å². The number of benzene rings is 1. The highest BCUT2D eigenvalue weighted by Gasteiger charge is 2.34. The zero-order valence-electron chi connectivity index (χ0n) is 12.4. The van der Waals surface area contributed by atoms with E-state index in [2.05, 4.69) is 12.1 Å². The van der Waals surface area contributed by atoms with Crippen molar-refractivity contribution in [2.75, 3.05) is 18.9 Å². The fourth-order valence-electron chi connectivity index (χ4n) is 3.44. The molecule has 0 bridgehead atoms. The topological polar surface area (TPSA) is 52.3 Å². The quantitative estimate of drug-likeness (QED) is 0.683. The van der Waals surface area contributed by atoms with Gasteiger partial charge in [-0.05, 0) is 61.8 Å². The molecule has 0 atom stereocenters. The average molecular weight is 285 g/mol. The lowest BCUT2D eigenvalue weighted by Gasteiger charge is -2.33. The van der Waals surface area contributed by atoms with Crippen LogP contribution in [0.3, 0.4) is 0 Å². The zero-order valence-corrected chi connectivity index (χ0v) is 12.4.